The molecule has 8 heteroatoms. The molecule has 1 fully saturated rings. The van der Waals surface area contributed by atoms with Crippen LogP contribution in [0.4, 0.5) is 5.82 Å². The van der Waals surface area contributed by atoms with Gasteiger partial charge in [-0.2, -0.15) is 0 Å². The van der Waals surface area contributed by atoms with Gasteiger partial charge in [0.1, 0.15) is 5.82 Å². The van der Waals surface area contributed by atoms with Gasteiger partial charge in [0.2, 0.25) is 0 Å². The highest BCUT2D eigenvalue weighted by molar-refractivity contribution is 14.0. The number of imidazole rings is 1. The number of rotatable bonds is 6. The van der Waals surface area contributed by atoms with E-state index in [9.17, 15) is 0 Å². The summed E-state index contributed by atoms with van der Waals surface area (Å²) in [5, 5.41) is 8.02. The predicted molar refractivity (Wildman–Crippen MR) is 138 cm³/mol. The van der Waals surface area contributed by atoms with Crippen LogP contribution < -0.4 is 10.6 Å². The number of guanidine groups is 1. The lowest BCUT2D eigenvalue weighted by Gasteiger charge is -2.39. The summed E-state index contributed by atoms with van der Waals surface area (Å²) < 4.78 is 2.23. The van der Waals surface area contributed by atoms with Crippen molar-refractivity contribution in [3.63, 3.8) is 0 Å². The number of pyridine rings is 1. The zero-order valence-corrected chi connectivity index (χ0v) is 20.6. The van der Waals surface area contributed by atoms with Crippen LogP contribution >= 0.6 is 24.0 Å². The van der Waals surface area contributed by atoms with Crippen molar-refractivity contribution in [2.45, 2.75) is 26.3 Å². The molecule has 2 unspecified atom stereocenters. The number of para-hydroxylation sites is 1. The first-order chi connectivity index (χ1) is 14.7. The summed E-state index contributed by atoms with van der Waals surface area (Å²) in [6.45, 7) is 8.72. The normalized spacial score (nSPS) is 19.2. The summed E-state index contributed by atoms with van der Waals surface area (Å²) in [5.41, 5.74) is 1.01. The SMILES string of the molecule is CCNC(=NCCNc1ccc2ccccc2n1)N1CCC(C)C(n2ccnc2)C1.I. The number of benzene rings is 1. The fourth-order valence-corrected chi connectivity index (χ4v) is 4.03. The molecule has 3 aromatic rings. The number of likely N-dealkylation sites (tertiary alicyclic amines) is 1. The van der Waals surface area contributed by atoms with E-state index < -0.39 is 0 Å². The third-order valence-electron chi connectivity index (χ3n) is 5.74. The molecule has 1 saturated heterocycles. The van der Waals surface area contributed by atoms with Crippen LogP contribution in [0.1, 0.15) is 26.3 Å². The van der Waals surface area contributed by atoms with Crippen LogP contribution in [0.5, 0.6) is 0 Å². The molecule has 1 aliphatic heterocycles. The highest BCUT2D eigenvalue weighted by atomic mass is 127. The second-order valence-electron chi connectivity index (χ2n) is 7.84. The highest BCUT2D eigenvalue weighted by Crippen LogP contribution is 2.27. The number of aliphatic imine (C=N–C) groups is 1. The van der Waals surface area contributed by atoms with Gasteiger partial charge in [-0.3, -0.25) is 4.99 Å². The van der Waals surface area contributed by atoms with E-state index in [0.717, 1.165) is 55.3 Å². The van der Waals surface area contributed by atoms with Gasteiger partial charge < -0.3 is 20.1 Å². The number of nitrogens with zero attached hydrogens (tertiary/aromatic N) is 5. The molecule has 3 heterocycles. The first kappa shape index (κ1) is 23.3. The number of halogens is 1. The number of anilines is 1. The molecule has 0 bridgehead atoms. The largest absolute Gasteiger partial charge is 0.368 e. The Morgan fingerprint density at radius 2 is 2.10 bits per heavy atom. The van der Waals surface area contributed by atoms with E-state index in [0.29, 0.717) is 18.5 Å². The molecule has 0 amide bonds. The first-order valence-corrected chi connectivity index (χ1v) is 10.8. The van der Waals surface area contributed by atoms with Crippen LogP contribution in [-0.4, -0.2) is 58.1 Å². The molecule has 2 atom stereocenters. The maximum absolute atomic E-state index is 4.87. The monoisotopic (exact) mass is 533 g/mol. The standard InChI is InChI=1S/C23H31N7.HI/c1-3-25-23(29-14-10-18(2)21(16-29)30-15-13-24-17-30)27-12-11-26-22-9-8-19-6-4-5-7-20(19)28-22;/h4-9,13,15,17-18,21H,3,10-12,14,16H2,1-2H3,(H,25,27)(H,26,28);1H. The number of hydrogen-bond donors (Lipinski definition) is 2. The van der Waals surface area contributed by atoms with Gasteiger partial charge in [0.05, 0.1) is 24.4 Å². The summed E-state index contributed by atoms with van der Waals surface area (Å²) in [6.07, 6.45) is 6.99. The van der Waals surface area contributed by atoms with Gasteiger partial charge in [0.25, 0.3) is 0 Å². The predicted octanol–water partition coefficient (Wildman–Crippen LogP) is 4.01. The maximum Gasteiger partial charge on any atom is 0.194 e. The minimum Gasteiger partial charge on any atom is -0.368 e. The topological polar surface area (TPSA) is 70.4 Å². The Labute approximate surface area is 201 Å². The van der Waals surface area contributed by atoms with Crippen molar-refractivity contribution in [3.05, 3.63) is 55.1 Å². The van der Waals surface area contributed by atoms with Gasteiger partial charge in [-0.15, -0.1) is 24.0 Å². The first-order valence-electron chi connectivity index (χ1n) is 10.8. The molecule has 166 valence electrons. The molecule has 31 heavy (non-hydrogen) atoms. The summed E-state index contributed by atoms with van der Waals surface area (Å²) in [4.78, 5) is 16.2. The Balaban J connectivity index is 0.00000272. The summed E-state index contributed by atoms with van der Waals surface area (Å²) >= 11 is 0. The van der Waals surface area contributed by atoms with E-state index in [2.05, 4.69) is 62.2 Å². The van der Waals surface area contributed by atoms with E-state index in [-0.39, 0.29) is 24.0 Å². The highest BCUT2D eigenvalue weighted by Gasteiger charge is 2.28. The zero-order valence-electron chi connectivity index (χ0n) is 18.2. The molecule has 1 aliphatic rings. The minimum atomic E-state index is 0. The number of hydrogen-bond acceptors (Lipinski definition) is 4. The smallest absolute Gasteiger partial charge is 0.194 e. The molecular formula is C23H32IN7. The van der Waals surface area contributed by atoms with Crippen molar-refractivity contribution < 1.29 is 0 Å². The van der Waals surface area contributed by atoms with Crippen molar-refractivity contribution >= 4 is 46.7 Å². The second kappa shape index (κ2) is 11.3. The molecule has 2 N–H and O–H groups in total. The molecular weight excluding hydrogens is 501 g/mol. The third-order valence-corrected chi connectivity index (χ3v) is 5.74. The van der Waals surface area contributed by atoms with Gasteiger partial charge in [-0.25, -0.2) is 9.97 Å². The fourth-order valence-electron chi connectivity index (χ4n) is 4.03. The number of aromatic nitrogens is 3. The molecule has 0 aliphatic carbocycles. The van der Waals surface area contributed by atoms with Crippen LogP contribution in [-0.2, 0) is 0 Å². The lowest BCUT2D eigenvalue weighted by atomic mass is 9.93. The van der Waals surface area contributed by atoms with E-state index in [1.807, 2.05) is 36.8 Å². The molecule has 0 radical (unpaired) electrons. The van der Waals surface area contributed by atoms with Gasteiger partial charge in [-0.05, 0) is 37.5 Å². The Bertz CT molecular complexity index is 973. The van der Waals surface area contributed by atoms with Crippen LogP contribution in [0.2, 0.25) is 0 Å². The minimum absolute atomic E-state index is 0. The Morgan fingerprint density at radius 1 is 1.23 bits per heavy atom. The van der Waals surface area contributed by atoms with Crippen molar-refractivity contribution in [2.24, 2.45) is 10.9 Å². The van der Waals surface area contributed by atoms with E-state index in [4.69, 9.17) is 4.99 Å². The number of fused-ring (bicyclic) bond motifs is 1. The summed E-state index contributed by atoms with van der Waals surface area (Å²) in [6, 6.07) is 12.7. The maximum atomic E-state index is 4.87. The molecule has 7 nitrogen and oxygen atoms in total. The summed E-state index contributed by atoms with van der Waals surface area (Å²) in [5.74, 6) is 2.50. The molecule has 0 saturated carbocycles. The fraction of sp³-hybridized carbons (Fsp3) is 0.435. The van der Waals surface area contributed by atoms with Crippen LogP contribution in [0.25, 0.3) is 10.9 Å². The van der Waals surface area contributed by atoms with Crippen molar-refractivity contribution in [3.8, 4) is 0 Å². The van der Waals surface area contributed by atoms with Gasteiger partial charge in [0.15, 0.2) is 5.96 Å². The Morgan fingerprint density at radius 3 is 2.90 bits per heavy atom. The lowest BCUT2D eigenvalue weighted by molar-refractivity contribution is 0.189. The van der Waals surface area contributed by atoms with Crippen LogP contribution in [0, 0.1) is 5.92 Å². The molecule has 1 aromatic carbocycles. The third kappa shape index (κ3) is 5.87. The second-order valence-corrected chi connectivity index (χ2v) is 7.84. The molecule has 2 aromatic heterocycles. The Kier molecular flexibility index (Phi) is 8.51. The van der Waals surface area contributed by atoms with E-state index in [1.54, 1.807) is 0 Å². The van der Waals surface area contributed by atoms with Gasteiger partial charge in [0, 0.05) is 44.0 Å². The quantitative estimate of drug-likeness (QED) is 0.217. The summed E-state index contributed by atoms with van der Waals surface area (Å²) in [7, 11) is 0. The average Bonchev–Trinajstić information content (AvgIpc) is 3.31. The van der Waals surface area contributed by atoms with Crippen LogP contribution in [0.15, 0.2) is 60.1 Å². The van der Waals surface area contributed by atoms with Crippen molar-refractivity contribution in [2.75, 3.05) is 38.0 Å². The van der Waals surface area contributed by atoms with Crippen molar-refractivity contribution in [1.29, 1.82) is 0 Å². The van der Waals surface area contributed by atoms with E-state index in [1.165, 1.54) is 0 Å². The van der Waals surface area contributed by atoms with E-state index >= 15 is 0 Å². The zero-order chi connectivity index (χ0) is 20.8. The number of piperidine rings is 1. The van der Waals surface area contributed by atoms with Gasteiger partial charge in [-0.1, -0.05) is 25.1 Å². The molecule has 0 spiro atoms. The lowest BCUT2D eigenvalue weighted by Crippen LogP contribution is -2.49. The van der Waals surface area contributed by atoms with Crippen molar-refractivity contribution in [1.82, 2.24) is 24.8 Å². The van der Waals surface area contributed by atoms with Crippen LogP contribution in [0.3, 0.4) is 0 Å². The van der Waals surface area contributed by atoms with Gasteiger partial charge >= 0.3 is 0 Å². The number of nitrogens with one attached hydrogen (secondary N) is 2. The Hall–Kier alpha value is -2.36. The average molecular weight is 533 g/mol. The molecule has 4 rings (SSSR count).